The van der Waals surface area contributed by atoms with Crippen LogP contribution in [0.4, 0.5) is 15.8 Å². The number of hydrogen-bond donors (Lipinski definition) is 1. The van der Waals surface area contributed by atoms with Crippen molar-refractivity contribution in [2.24, 2.45) is 4.99 Å². The summed E-state index contributed by atoms with van der Waals surface area (Å²) >= 11 is 3.34. The van der Waals surface area contributed by atoms with E-state index in [0.29, 0.717) is 11.3 Å². The van der Waals surface area contributed by atoms with Crippen LogP contribution in [0, 0.1) is 5.82 Å². The Morgan fingerprint density at radius 3 is 2.74 bits per heavy atom. The topological polar surface area (TPSA) is 41.5 Å². The SMILES string of the molecule is O=C1Nc2ccc(Br)cc2C1=Nc1ccccc1F. The van der Waals surface area contributed by atoms with Crippen LogP contribution in [0.15, 0.2) is 51.9 Å². The molecule has 1 aliphatic rings. The van der Waals surface area contributed by atoms with Crippen molar-refractivity contribution >= 4 is 38.9 Å². The number of nitrogens with zero attached hydrogens (tertiary/aromatic N) is 1. The predicted molar refractivity (Wildman–Crippen MR) is 75.4 cm³/mol. The number of nitrogens with one attached hydrogen (secondary N) is 1. The van der Waals surface area contributed by atoms with Crippen molar-refractivity contribution in [1.29, 1.82) is 0 Å². The second-order valence-corrected chi connectivity index (χ2v) is 4.97. The van der Waals surface area contributed by atoms with Crippen LogP contribution in [-0.4, -0.2) is 11.6 Å². The molecule has 0 radical (unpaired) electrons. The van der Waals surface area contributed by atoms with Crippen LogP contribution in [0.25, 0.3) is 0 Å². The molecule has 94 valence electrons. The first-order chi connectivity index (χ1) is 9.15. The number of carbonyl (C=O) groups is 1. The highest BCUT2D eigenvalue weighted by molar-refractivity contribution is 9.10. The van der Waals surface area contributed by atoms with Crippen LogP contribution in [0.5, 0.6) is 0 Å². The Hall–Kier alpha value is -2.01. The van der Waals surface area contributed by atoms with E-state index in [1.165, 1.54) is 12.1 Å². The third kappa shape index (κ3) is 2.17. The minimum absolute atomic E-state index is 0.153. The average molecular weight is 319 g/mol. The second-order valence-electron chi connectivity index (χ2n) is 4.06. The maximum absolute atomic E-state index is 13.6. The van der Waals surface area contributed by atoms with Crippen molar-refractivity contribution in [3.05, 3.63) is 58.3 Å². The number of para-hydroxylation sites is 1. The van der Waals surface area contributed by atoms with Gasteiger partial charge in [0.2, 0.25) is 0 Å². The number of aliphatic imine (C=N–C) groups is 1. The lowest BCUT2D eigenvalue weighted by atomic mass is 10.1. The third-order valence-corrected chi connectivity index (χ3v) is 3.28. The Bertz CT molecular complexity index is 712. The number of carbonyl (C=O) groups excluding carboxylic acids is 1. The fraction of sp³-hybridized carbons (Fsp3) is 0. The molecule has 0 spiro atoms. The maximum atomic E-state index is 13.6. The summed E-state index contributed by atoms with van der Waals surface area (Å²) in [6.45, 7) is 0. The normalized spacial score (nSPS) is 15.5. The predicted octanol–water partition coefficient (Wildman–Crippen LogP) is 3.66. The zero-order chi connectivity index (χ0) is 13.4. The van der Waals surface area contributed by atoms with Crippen molar-refractivity contribution in [3.63, 3.8) is 0 Å². The lowest BCUT2D eigenvalue weighted by Gasteiger charge is -2.00. The number of amides is 1. The molecule has 0 fully saturated rings. The largest absolute Gasteiger partial charge is 0.320 e. The van der Waals surface area contributed by atoms with Gasteiger partial charge in [0.05, 0.1) is 11.4 Å². The quantitative estimate of drug-likeness (QED) is 0.856. The molecule has 1 amide bonds. The Kier molecular flexibility index (Phi) is 2.91. The Morgan fingerprint density at radius 1 is 1.16 bits per heavy atom. The molecule has 3 rings (SSSR count). The Morgan fingerprint density at radius 2 is 1.95 bits per heavy atom. The first-order valence-electron chi connectivity index (χ1n) is 5.59. The Balaban J connectivity index is 2.14. The average Bonchev–Trinajstić information content (AvgIpc) is 2.69. The van der Waals surface area contributed by atoms with E-state index in [4.69, 9.17) is 0 Å². The lowest BCUT2D eigenvalue weighted by Crippen LogP contribution is -2.14. The van der Waals surface area contributed by atoms with Gasteiger partial charge in [-0.05, 0) is 30.3 Å². The lowest BCUT2D eigenvalue weighted by molar-refractivity contribution is -0.110. The zero-order valence-corrected chi connectivity index (χ0v) is 11.2. The summed E-state index contributed by atoms with van der Waals surface area (Å²) in [6, 6.07) is 11.5. The van der Waals surface area contributed by atoms with Crippen LogP contribution in [-0.2, 0) is 4.79 Å². The summed E-state index contributed by atoms with van der Waals surface area (Å²) in [4.78, 5) is 16.0. The third-order valence-electron chi connectivity index (χ3n) is 2.78. The standard InChI is InChI=1S/C14H8BrFN2O/c15-8-5-6-11-9(7-8)13(14(19)18-11)17-12-4-2-1-3-10(12)16/h1-7H,(H,17,18,19). The summed E-state index contributed by atoms with van der Waals surface area (Å²) in [5.41, 5.74) is 1.73. The van der Waals surface area contributed by atoms with Crippen molar-refractivity contribution < 1.29 is 9.18 Å². The number of hydrogen-bond acceptors (Lipinski definition) is 2. The highest BCUT2D eigenvalue weighted by Crippen LogP contribution is 2.29. The molecular formula is C14H8BrFN2O. The smallest absolute Gasteiger partial charge is 0.275 e. The van der Waals surface area contributed by atoms with E-state index < -0.39 is 5.82 Å². The fourth-order valence-electron chi connectivity index (χ4n) is 1.90. The van der Waals surface area contributed by atoms with Crippen molar-refractivity contribution in [2.75, 3.05) is 5.32 Å². The molecule has 5 heteroatoms. The molecule has 0 atom stereocenters. The molecule has 0 aliphatic carbocycles. The number of anilines is 1. The first kappa shape index (κ1) is 12.0. The van der Waals surface area contributed by atoms with Gasteiger partial charge in [-0.25, -0.2) is 9.38 Å². The van der Waals surface area contributed by atoms with Crippen molar-refractivity contribution in [2.45, 2.75) is 0 Å². The molecule has 0 saturated carbocycles. The molecular weight excluding hydrogens is 311 g/mol. The van der Waals surface area contributed by atoms with E-state index in [2.05, 4.69) is 26.2 Å². The summed E-state index contributed by atoms with van der Waals surface area (Å²) in [6.07, 6.45) is 0. The first-order valence-corrected chi connectivity index (χ1v) is 6.39. The van der Waals surface area contributed by atoms with E-state index in [1.54, 1.807) is 24.3 Å². The summed E-state index contributed by atoms with van der Waals surface area (Å²) < 4.78 is 14.4. The van der Waals surface area contributed by atoms with Crippen LogP contribution in [0.2, 0.25) is 0 Å². The van der Waals surface area contributed by atoms with Gasteiger partial charge in [-0.3, -0.25) is 4.79 Å². The van der Waals surface area contributed by atoms with Gasteiger partial charge in [0.25, 0.3) is 5.91 Å². The highest BCUT2D eigenvalue weighted by atomic mass is 79.9. The second kappa shape index (κ2) is 4.59. The number of rotatable bonds is 1. The molecule has 1 aliphatic heterocycles. The van der Waals surface area contributed by atoms with Gasteiger partial charge in [-0.15, -0.1) is 0 Å². The van der Waals surface area contributed by atoms with E-state index in [1.807, 2.05) is 6.07 Å². The van der Waals surface area contributed by atoms with Gasteiger partial charge in [-0.2, -0.15) is 0 Å². The van der Waals surface area contributed by atoms with Crippen molar-refractivity contribution in [3.8, 4) is 0 Å². The van der Waals surface area contributed by atoms with E-state index in [9.17, 15) is 9.18 Å². The molecule has 1 heterocycles. The van der Waals surface area contributed by atoms with Gasteiger partial charge in [-0.1, -0.05) is 28.1 Å². The van der Waals surface area contributed by atoms with Crippen LogP contribution >= 0.6 is 15.9 Å². The molecule has 1 N–H and O–H groups in total. The number of halogens is 2. The van der Waals surface area contributed by atoms with Crippen LogP contribution in [0.1, 0.15) is 5.56 Å². The van der Waals surface area contributed by atoms with Crippen LogP contribution in [0.3, 0.4) is 0 Å². The van der Waals surface area contributed by atoms with E-state index in [-0.39, 0.29) is 17.3 Å². The van der Waals surface area contributed by atoms with Gasteiger partial charge in [0, 0.05) is 10.0 Å². The van der Waals surface area contributed by atoms with Crippen molar-refractivity contribution in [1.82, 2.24) is 0 Å². The highest BCUT2D eigenvalue weighted by Gasteiger charge is 2.26. The molecule has 3 nitrogen and oxygen atoms in total. The van der Waals surface area contributed by atoms with Crippen LogP contribution < -0.4 is 5.32 Å². The molecule has 19 heavy (non-hydrogen) atoms. The maximum Gasteiger partial charge on any atom is 0.275 e. The van der Waals surface area contributed by atoms with E-state index in [0.717, 1.165) is 4.47 Å². The molecule has 0 saturated heterocycles. The summed E-state index contributed by atoms with van der Waals surface area (Å²) in [7, 11) is 0. The molecule has 0 bridgehead atoms. The monoisotopic (exact) mass is 318 g/mol. The van der Waals surface area contributed by atoms with Gasteiger partial charge in [0.15, 0.2) is 0 Å². The summed E-state index contributed by atoms with van der Waals surface area (Å²) in [5, 5.41) is 2.70. The van der Waals surface area contributed by atoms with Gasteiger partial charge >= 0.3 is 0 Å². The minimum atomic E-state index is -0.453. The molecule has 0 aromatic heterocycles. The molecule has 2 aromatic carbocycles. The molecule has 0 unspecified atom stereocenters. The fourth-order valence-corrected chi connectivity index (χ4v) is 2.26. The van der Waals surface area contributed by atoms with Gasteiger partial charge < -0.3 is 5.32 Å². The molecule has 2 aromatic rings. The number of fused-ring (bicyclic) bond motifs is 1. The van der Waals surface area contributed by atoms with Gasteiger partial charge in [0.1, 0.15) is 11.5 Å². The Labute approximate surface area is 117 Å². The summed E-state index contributed by atoms with van der Waals surface area (Å²) in [5.74, 6) is -0.775. The minimum Gasteiger partial charge on any atom is -0.320 e. The van der Waals surface area contributed by atoms with E-state index >= 15 is 0 Å². The zero-order valence-electron chi connectivity index (χ0n) is 9.65. The number of benzene rings is 2.